The molecule has 2 atom stereocenters. The van der Waals surface area contributed by atoms with Gasteiger partial charge in [0.05, 0.1) is 18.4 Å². The second-order valence-corrected chi connectivity index (χ2v) is 8.65. The lowest BCUT2D eigenvalue weighted by atomic mass is 9.64. The lowest BCUT2D eigenvalue weighted by Crippen LogP contribution is -2.64. The summed E-state index contributed by atoms with van der Waals surface area (Å²) in [7, 11) is 0. The van der Waals surface area contributed by atoms with Crippen LogP contribution in [0.2, 0.25) is 0 Å². The van der Waals surface area contributed by atoms with Crippen LogP contribution in [0.3, 0.4) is 0 Å². The Morgan fingerprint density at radius 2 is 1.90 bits per heavy atom. The molecular formula is C23H26N6O2. The minimum Gasteiger partial charge on any atom is -0.475 e. The van der Waals surface area contributed by atoms with Crippen molar-refractivity contribution < 1.29 is 9.53 Å². The third-order valence-corrected chi connectivity index (χ3v) is 6.62. The van der Waals surface area contributed by atoms with E-state index in [1.807, 2.05) is 43.0 Å². The van der Waals surface area contributed by atoms with Gasteiger partial charge in [0.25, 0.3) is 5.91 Å². The first-order chi connectivity index (χ1) is 15.0. The van der Waals surface area contributed by atoms with Crippen molar-refractivity contribution in [3.63, 3.8) is 0 Å². The summed E-state index contributed by atoms with van der Waals surface area (Å²) < 4.78 is 6.03. The molecule has 2 aliphatic heterocycles. The maximum atomic E-state index is 13.8. The van der Waals surface area contributed by atoms with Crippen LogP contribution >= 0.6 is 0 Å². The van der Waals surface area contributed by atoms with Crippen molar-refractivity contribution >= 4 is 5.91 Å². The van der Waals surface area contributed by atoms with Crippen LogP contribution in [0, 0.1) is 25.7 Å². The average Bonchev–Trinajstić information content (AvgIpc) is 3.27. The van der Waals surface area contributed by atoms with E-state index in [0.29, 0.717) is 35.7 Å². The number of fused-ring (bicyclic) bond motifs is 2. The van der Waals surface area contributed by atoms with Gasteiger partial charge in [-0.05, 0) is 56.2 Å². The Kier molecular flexibility index (Phi) is 4.92. The van der Waals surface area contributed by atoms with Crippen LogP contribution < -0.4 is 4.74 Å². The van der Waals surface area contributed by atoms with E-state index >= 15 is 0 Å². The van der Waals surface area contributed by atoms with Gasteiger partial charge in [-0.1, -0.05) is 13.0 Å². The van der Waals surface area contributed by atoms with Crippen LogP contribution in [0.15, 0.2) is 42.9 Å². The van der Waals surface area contributed by atoms with E-state index in [1.165, 1.54) is 4.80 Å². The Morgan fingerprint density at radius 1 is 1.13 bits per heavy atom. The summed E-state index contributed by atoms with van der Waals surface area (Å²) in [5, 5.41) is 8.42. The zero-order valence-corrected chi connectivity index (χ0v) is 18.0. The zero-order valence-electron chi connectivity index (χ0n) is 18.0. The number of carbonyl (C=O) groups excluding carboxylic acids is 1. The molecule has 1 saturated carbocycles. The fraction of sp³-hybridized carbons (Fsp3) is 0.435. The van der Waals surface area contributed by atoms with Gasteiger partial charge in [-0.3, -0.25) is 4.79 Å². The summed E-state index contributed by atoms with van der Waals surface area (Å²) >= 11 is 0. The third kappa shape index (κ3) is 3.56. The molecule has 31 heavy (non-hydrogen) atoms. The molecule has 2 saturated heterocycles. The van der Waals surface area contributed by atoms with Gasteiger partial charge >= 0.3 is 0 Å². The van der Waals surface area contributed by atoms with Crippen molar-refractivity contribution in [2.45, 2.75) is 45.7 Å². The van der Waals surface area contributed by atoms with E-state index in [1.54, 1.807) is 18.6 Å². The Morgan fingerprint density at radius 3 is 2.61 bits per heavy atom. The Hall–Kier alpha value is -3.29. The molecule has 5 heterocycles. The van der Waals surface area contributed by atoms with E-state index < -0.39 is 0 Å². The molecule has 1 amide bonds. The minimum atomic E-state index is -0.0866. The highest BCUT2D eigenvalue weighted by Gasteiger charge is 2.51. The monoisotopic (exact) mass is 418 g/mol. The molecule has 2 bridgehead atoms. The van der Waals surface area contributed by atoms with Gasteiger partial charge < -0.3 is 9.64 Å². The molecule has 6 rings (SSSR count). The van der Waals surface area contributed by atoms with E-state index in [2.05, 4.69) is 27.1 Å². The highest BCUT2D eigenvalue weighted by Crippen LogP contribution is 2.47. The summed E-state index contributed by atoms with van der Waals surface area (Å²) in [5.74, 6) is 1.47. The highest BCUT2D eigenvalue weighted by atomic mass is 16.5. The molecule has 1 aliphatic carbocycles. The molecule has 0 radical (unpaired) electrons. The third-order valence-electron chi connectivity index (χ3n) is 6.62. The number of pyridine rings is 2. The molecule has 3 aliphatic rings. The largest absolute Gasteiger partial charge is 0.475 e. The number of ether oxygens (including phenoxy) is 1. The summed E-state index contributed by atoms with van der Waals surface area (Å²) in [5.41, 5.74) is 2.84. The molecule has 0 N–H and O–H groups in total. The van der Waals surface area contributed by atoms with Crippen LogP contribution in [-0.2, 0) is 0 Å². The molecule has 3 fully saturated rings. The molecule has 160 valence electrons. The Balaban J connectivity index is 1.45. The van der Waals surface area contributed by atoms with E-state index in [9.17, 15) is 4.79 Å². The van der Waals surface area contributed by atoms with E-state index in [4.69, 9.17) is 4.74 Å². The molecule has 8 nitrogen and oxygen atoms in total. The number of rotatable bonds is 5. The first-order valence-corrected chi connectivity index (χ1v) is 10.7. The fourth-order valence-corrected chi connectivity index (χ4v) is 4.71. The average molecular weight is 419 g/mol. The predicted octanol–water partition coefficient (Wildman–Crippen LogP) is 2.99. The van der Waals surface area contributed by atoms with Crippen molar-refractivity contribution in [1.29, 1.82) is 0 Å². The van der Waals surface area contributed by atoms with Gasteiger partial charge in [-0.25, -0.2) is 9.97 Å². The molecule has 3 aromatic heterocycles. The topological polar surface area (TPSA) is 86.0 Å². The molecule has 8 heteroatoms. The predicted molar refractivity (Wildman–Crippen MR) is 114 cm³/mol. The second kappa shape index (κ2) is 7.76. The van der Waals surface area contributed by atoms with Crippen LogP contribution in [0.1, 0.15) is 41.5 Å². The number of aromatic nitrogens is 5. The van der Waals surface area contributed by atoms with Crippen LogP contribution in [0.4, 0.5) is 0 Å². The smallest absolute Gasteiger partial charge is 0.275 e. The first kappa shape index (κ1) is 19.7. The molecule has 0 unspecified atom stereocenters. The van der Waals surface area contributed by atoms with Gasteiger partial charge in [-0.2, -0.15) is 10.2 Å². The maximum Gasteiger partial charge on any atom is 0.275 e. The van der Waals surface area contributed by atoms with Crippen LogP contribution in [0.25, 0.3) is 5.69 Å². The van der Waals surface area contributed by atoms with Crippen molar-refractivity contribution in [3.05, 3.63) is 59.8 Å². The number of hydrogen-bond donors (Lipinski definition) is 0. The maximum absolute atomic E-state index is 13.8. The minimum absolute atomic E-state index is 0.0335. The van der Waals surface area contributed by atoms with Gasteiger partial charge in [-0.15, -0.1) is 4.80 Å². The van der Waals surface area contributed by atoms with Gasteiger partial charge in [0.1, 0.15) is 12.3 Å². The van der Waals surface area contributed by atoms with Crippen molar-refractivity contribution in [2.24, 2.45) is 11.8 Å². The number of carbonyl (C=O) groups is 1. The second-order valence-electron chi connectivity index (χ2n) is 8.65. The van der Waals surface area contributed by atoms with Gasteiger partial charge in [0.15, 0.2) is 5.69 Å². The highest BCUT2D eigenvalue weighted by molar-refractivity contribution is 5.96. The first-order valence-electron chi connectivity index (χ1n) is 10.7. The normalized spacial score (nSPS) is 24.5. The Labute approximate surface area is 181 Å². The Bertz CT molecular complexity index is 1080. The quantitative estimate of drug-likeness (QED) is 0.633. The fourth-order valence-electron chi connectivity index (χ4n) is 4.71. The van der Waals surface area contributed by atoms with E-state index in [-0.39, 0.29) is 18.0 Å². The SMILES string of the molecule is Cc1ccc(OC[C@@H]2[C@H](C)C3CC(C3)N2C(=O)c2nc(C)ccc2-n2nccn2)nc1. The van der Waals surface area contributed by atoms with Crippen LogP contribution in [0.5, 0.6) is 5.88 Å². The number of aryl methyl sites for hydroxylation is 2. The number of amides is 1. The van der Waals surface area contributed by atoms with Crippen LogP contribution in [-0.4, -0.2) is 54.5 Å². The lowest BCUT2D eigenvalue weighted by molar-refractivity contribution is -0.0677. The van der Waals surface area contributed by atoms with Crippen molar-refractivity contribution in [3.8, 4) is 11.6 Å². The van der Waals surface area contributed by atoms with Gasteiger partial charge in [0.2, 0.25) is 5.88 Å². The number of nitrogens with zero attached hydrogens (tertiary/aromatic N) is 6. The summed E-state index contributed by atoms with van der Waals surface area (Å²) in [6.07, 6.45) is 7.05. The van der Waals surface area contributed by atoms with Crippen molar-refractivity contribution in [2.75, 3.05) is 6.61 Å². The zero-order chi connectivity index (χ0) is 21.5. The standard InChI is InChI=1S/C23H26N6O2/c1-14-4-7-21(24-12-14)31-13-20-16(3)17-10-18(11-17)28(20)23(30)22-19(6-5-15(2)27-22)29-25-8-9-26-29/h4-9,12,16-18,20H,10-11,13H2,1-3H3/t16-,17?,18?,20-/m1/s1. The van der Waals surface area contributed by atoms with Gasteiger partial charge in [0, 0.05) is 24.0 Å². The summed E-state index contributed by atoms with van der Waals surface area (Å²) in [6, 6.07) is 7.76. The molecular weight excluding hydrogens is 392 g/mol. The number of hydrogen-bond acceptors (Lipinski definition) is 6. The number of piperidine rings is 2. The van der Waals surface area contributed by atoms with E-state index in [0.717, 1.165) is 24.1 Å². The molecule has 0 aromatic carbocycles. The summed E-state index contributed by atoms with van der Waals surface area (Å²) in [4.78, 5) is 26.2. The molecule has 3 aromatic rings. The molecule has 0 spiro atoms. The summed E-state index contributed by atoms with van der Waals surface area (Å²) in [6.45, 7) is 6.52. The lowest BCUT2D eigenvalue weighted by Gasteiger charge is -2.57. The van der Waals surface area contributed by atoms with Crippen molar-refractivity contribution in [1.82, 2.24) is 29.9 Å².